The summed E-state index contributed by atoms with van der Waals surface area (Å²) in [6.07, 6.45) is 67.9. The van der Waals surface area contributed by atoms with Gasteiger partial charge in [-0.05, 0) is 96.3 Å². The van der Waals surface area contributed by atoms with E-state index in [0.29, 0.717) is 12.8 Å². The lowest BCUT2D eigenvalue weighted by Gasteiger charge is -2.41. The van der Waals surface area contributed by atoms with Crippen molar-refractivity contribution in [3.63, 3.8) is 0 Å². The van der Waals surface area contributed by atoms with Crippen molar-refractivity contribution in [2.45, 2.75) is 365 Å². The molecule has 1 heterocycles. The van der Waals surface area contributed by atoms with Gasteiger partial charge in [-0.1, -0.05) is 286 Å². The van der Waals surface area contributed by atoms with Crippen molar-refractivity contribution in [1.29, 1.82) is 0 Å². The number of aliphatic hydroxyl groups excluding tert-OH is 5. The highest BCUT2D eigenvalue weighted by atomic mass is 16.7. The molecule has 1 aliphatic heterocycles. The highest BCUT2D eigenvalue weighted by Gasteiger charge is 2.47. The number of nitrogens with one attached hydrogen (secondary N) is 1. The summed E-state index contributed by atoms with van der Waals surface area (Å²) in [5, 5.41) is 57.2. The number of rotatable bonds is 60. The molecule has 488 valence electrons. The van der Waals surface area contributed by atoms with Gasteiger partial charge >= 0.3 is 5.97 Å². The molecule has 1 rings (SSSR count). The number of carbonyl (C=O) groups is 2. The molecule has 1 aliphatic rings. The number of allylic oxidation sites excluding steroid dienone is 11. The van der Waals surface area contributed by atoms with E-state index >= 15 is 0 Å². The zero-order valence-electron chi connectivity index (χ0n) is 54.3. The summed E-state index contributed by atoms with van der Waals surface area (Å²) in [4.78, 5) is 26.7. The Balaban J connectivity index is 2.60. The van der Waals surface area contributed by atoms with Crippen LogP contribution >= 0.6 is 0 Å². The minimum Gasteiger partial charge on any atom is -0.454 e. The van der Waals surface area contributed by atoms with Crippen LogP contribution in [0.2, 0.25) is 0 Å². The van der Waals surface area contributed by atoms with E-state index in [1.165, 1.54) is 186 Å². The van der Waals surface area contributed by atoms with Gasteiger partial charge in [0.05, 0.1) is 25.4 Å². The number of hydrogen-bond acceptors (Lipinski definition) is 10. The van der Waals surface area contributed by atoms with Crippen molar-refractivity contribution >= 4 is 11.9 Å². The lowest BCUT2D eigenvalue weighted by Crippen LogP contribution is -2.61. The van der Waals surface area contributed by atoms with Gasteiger partial charge in [-0.25, -0.2) is 0 Å². The van der Waals surface area contributed by atoms with Crippen molar-refractivity contribution in [1.82, 2.24) is 5.32 Å². The van der Waals surface area contributed by atoms with Gasteiger partial charge in [0.1, 0.15) is 24.4 Å². The molecule has 11 heteroatoms. The fraction of sp³-hybridized carbons (Fsp3) is 0.808. The second kappa shape index (κ2) is 60.4. The number of aliphatic hydroxyl groups is 5. The van der Waals surface area contributed by atoms with Crippen LogP contribution in [0.5, 0.6) is 0 Å². The Morgan fingerprint density at radius 2 is 0.821 bits per heavy atom. The van der Waals surface area contributed by atoms with Crippen LogP contribution in [-0.2, 0) is 23.8 Å². The molecule has 1 saturated heterocycles. The van der Waals surface area contributed by atoms with E-state index in [1.807, 2.05) is 6.08 Å². The summed E-state index contributed by atoms with van der Waals surface area (Å²) >= 11 is 0. The fourth-order valence-corrected chi connectivity index (χ4v) is 10.7. The summed E-state index contributed by atoms with van der Waals surface area (Å²) in [6, 6.07) is -1.04. The summed E-state index contributed by atoms with van der Waals surface area (Å²) in [7, 11) is 0. The highest BCUT2D eigenvalue weighted by Crippen LogP contribution is 2.26. The molecule has 6 N–H and O–H groups in total. The number of hydrogen-bond donors (Lipinski definition) is 6. The molecule has 0 saturated carbocycles. The minimum absolute atomic E-state index is 0.120. The van der Waals surface area contributed by atoms with Crippen LogP contribution in [0.3, 0.4) is 0 Å². The smallest absolute Gasteiger partial charge is 0.306 e. The first-order valence-electron chi connectivity index (χ1n) is 35.2. The van der Waals surface area contributed by atoms with Gasteiger partial charge in [0.25, 0.3) is 0 Å². The molecule has 0 spiro atoms. The van der Waals surface area contributed by atoms with Crippen LogP contribution < -0.4 is 5.32 Å². The third kappa shape index (κ3) is 47.2. The Labute approximate surface area is 515 Å². The normalized spacial score (nSPS) is 18.9. The SMILES string of the molecule is CCCCC/C=C\C/C=C\C/C=C\C/C=C\CCCCCCC(O)C(=O)NC(COC1OC(CO)C(O)C(O)C1OC(=O)CCCCCCCCCCCCCCC/C=C/CCCCCCCC)C(O)/C=C/CCCCCCCCCCCC. The minimum atomic E-state index is -1.62. The Morgan fingerprint density at radius 3 is 1.26 bits per heavy atom. The second-order valence-electron chi connectivity index (χ2n) is 24.3. The van der Waals surface area contributed by atoms with Crippen molar-refractivity contribution < 1.29 is 49.3 Å². The van der Waals surface area contributed by atoms with Crippen molar-refractivity contribution in [3.8, 4) is 0 Å². The van der Waals surface area contributed by atoms with E-state index in [-0.39, 0.29) is 19.4 Å². The molecule has 0 radical (unpaired) electrons. The first-order valence-corrected chi connectivity index (χ1v) is 35.2. The number of unbranched alkanes of at least 4 members (excludes halogenated alkanes) is 36. The average Bonchev–Trinajstić information content (AvgIpc) is 3.52. The number of carbonyl (C=O) groups excluding carboxylic acids is 2. The van der Waals surface area contributed by atoms with Crippen LogP contribution in [0.4, 0.5) is 0 Å². The van der Waals surface area contributed by atoms with E-state index in [1.54, 1.807) is 6.08 Å². The van der Waals surface area contributed by atoms with Crippen LogP contribution in [0, 0.1) is 0 Å². The quantitative estimate of drug-likeness (QED) is 0.0195. The third-order valence-electron chi connectivity index (χ3n) is 16.3. The molecule has 11 nitrogen and oxygen atoms in total. The lowest BCUT2D eigenvalue weighted by molar-refractivity contribution is -0.305. The second-order valence-corrected chi connectivity index (χ2v) is 24.3. The summed E-state index contributed by atoms with van der Waals surface area (Å²) in [6.45, 7) is 5.77. The maximum absolute atomic E-state index is 13.5. The number of esters is 1. The predicted molar refractivity (Wildman–Crippen MR) is 352 cm³/mol. The molecule has 0 aromatic rings. The van der Waals surface area contributed by atoms with Gasteiger partial charge < -0.3 is 45.1 Å². The summed E-state index contributed by atoms with van der Waals surface area (Å²) in [5.74, 6) is -1.21. The Kier molecular flexibility index (Phi) is 56.9. The van der Waals surface area contributed by atoms with E-state index in [9.17, 15) is 35.1 Å². The topological polar surface area (TPSA) is 175 Å². The Hall–Kier alpha value is -2.90. The molecule has 1 fully saturated rings. The lowest BCUT2D eigenvalue weighted by atomic mass is 9.99. The van der Waals surface area contributed by atoms with Gasteiger partial charge in [-0.15, -0.1) is 0 Å². The van der Waals surface area contributed by atoms with Gasteiger partial charge in [-0.2, -0.15) is 0 Å². The largest absolute Gasteiger partial charge is 0.454 e. The van der Waals surface area contributed by atoms with Crippen LogP contribution in [0.15, 0.2) is 72.9 Å². The fourth-order valence-electron chi connectivity index (χ4n) is 10.7. The maximum atomic E-state index is 13.5. The highest BCUT2D eigenvalue weighted by molar-refractivity contribution is 5.80. The first kappa shape index (κ1) is 79.1. The molecule has 8 unspecified atom stereocenters. The predicted octanol–water partition coefficient (Wildman–Crippen LogP) is 17.9. The molecule has 0 aliphatic carbocycles. The van der Waals surface area contributed by atoms with Gasteiger partial charge in [0, 0.05) is 6.42 Å². The average molecular weight is 1180 g/mol. The van der Waals surface area contributed by atoms with E-state index < -0.39 is 67.4 Å². The molecule has 0 aromatic heterocycles. The zero-order valence-corrected chi connectivity index (χ0v) is 54.3. The Morgan fingerprint density at radius 1 is 0.464 bits per heavy atom. The molecular weight excluding hydrogens is 1050 g/mol. The van der Waals surface area contributed by atoms with Gasteiger partial charge in [0.15, 0.2) is 12.4 Å². The molecular formula is C73H131NO10. The van der Waals surface area contributed by atoms with E-state index in [0.717, 1.165) is 83.5 Å². The van der Waals surface area contributed by atoms with Gasteiger partial charge in [-0.3, -0.25) is 9.59 Å². The van der Waals surface area contributed by atoms with Crippen molar-refractivity contribution in [2.24, 2.45) is 0 Å². The van der Waals surface area contributed by atoms with Gasteiger partial charge in [0.2, 0.25) is 5.91 Å². The van der Waals surface area contributed by atoms with Crippen LogP contribution in [0.1, 0.15) is 316 Å². The third-order valence-corrected chi connectivity index (χ3v) is 16.3. The monoisotopic (exact) mass is 1180 g/mol. The van der Waals surface area contributed by atoms with Crippen molar-refractivity contribution in [2.75, 3.05) is 13.2 Å². The number of ether oxygens (including phenoxy) is 3. The van der Waals surface area contributed by atoms with E-state index in [2.05, 4.69) is 86.8 Å². The van der Waals surface area contributed by atoms with Crippen LogP contribution in [0.25, 0.3) is 0 Å². The maximum Gasteiger partial charge on any atom is 0.306 e. The standard InChI is InChI=1S/C73H131NO10/c1-4-7-10-13-16-19-22-25-27-29-31-33-34-35-37-39-41-43-46-49-52-55-58-61-68(78)84-71-70(80)69(79)67(62-75)83-73(71)82-63-64(65(76)59-56-53-50-47-44-24-21-18-15-12-9-6-3)74-72(81)66(77)60-57-54-51-48-45-42-40-38-36-32-30-28-26-23-20-17-14-11-8-5-2/h17,20,25-28,32,36,40,42,56,59,64-67,69-71,73,75-77,79-80H,4-16,18-19,21-24,29-31,33-35,37-39,41,43-55,57-58,60-63H2,1-3H3,(H,74,81)/b20-17-,27-25+,28-26-,36-32-,42-40-,59-56+. The molecule has 0 aromatic carbocycles. The van der Waals surface area contributed by atoms with E-state index in [4.69, 9.17) is 14.2 Å². The number of amides is 1. The first-order chi connectivity index (χ1) is 41.2. The summed E-state index contributed by atoms with van der Waals surface area (Å²) < 4.78 is 17.7. The molecule has 1 amide bonds. The molecule has 84 heavy (non-hydrogen) atoms. The van der Waals surface area contributed by atoms with Crippen LogP contribution in [-0.4, -0.2) is 99.6 Å². The molecule has 0 bridgehead atoms. The summed E-state index contributed by atoms with van der Waals surface area (Å²) in [5.41, 5.74) is 0. The van der Waals surface area contributed by atoms with Crippen molar-refractivity contribution in [3.05, 3.63) is 72.9 Å². The zero-order chi connectivity index (χ0) is 61.0. The molecule has 8 atom stereocenters. The Bertz CT molecular complexity index is 1640.